The lowest BCUT2D eigenvalue weighted by Gasteiger charge is -2.26. The molecule has 4 heterocycles. The topological polar surface area (TPSA) is 72.0 Å². The Labute approximate surface area is 173 Å². The molecule has 7 nitrogen and oxygen atoms in total. The molecule has 3 aromatic heterocycles. The van der Waals surface area contributed by atoms with E-state index in [0.717, 1.165) is 46.2 Å². The Morgan fingerprint density at radius 1 is 1.13 bits per heavy atom. The number of rotatable bonds is 5. The molecule has 5 rings (SSSR count). The highest BCUT2D eigenvalue weighted by molar-refractivity contribution is 5.78. The molecule has 1 aliphatic heterocycles. The third kappa shape index (κ3) is 3.44. The van der Waals surface area contributed by atoms with Crippen LogP contribution in [-0.4, -0.2) is 46.9 Å². The van der Waals surface area contributed by atoms with E-state index in [1.54, 1.807) is 13.4 Å². The molecule has 0 bridgehead atoms. The van der Waals surface area contributed by atoms with Crippen molar-refractivity contribution in [2.45, 2.75) is 6.54 Å². The summed E-state index contributed by atoms with van der Waals surface area (Å²) in [6, 6.07) is 15.7. The van der Waals surface area contributed by atoms with Gasteiger partial charge in [0.05, 0.1) is 31.3 Å². The number of amides is 1. The number of pyridine rings is 1. The molecule has 7 heteroatoms. The summed E-state index contributed by atoms with van der Waals surface area (Å²) in [7, 11) is 1.66. The summed E-state index contributed by atoms with van der Waals surface area (Å²) in [5.74, 6) is 1.66. The van der Waals surface area contributed by atoms with Crippen LogP contribution in [0.2, 0.25) is 0 Å². The van der Waals surface area contributed by atoms with Gasteiger partial charge in [-0.25, -0.2) is 4.98 Å². The zero-order valence-corrected chi connectivity index (χ0v) is 16.7. The van der Waals surface area contributed by atoms with Crippen LogP contribution in [0.5, 0.6) is 5.75 Å². The molecule has 0 aliphatic carbocycles. The second-order valence-corrected chi connectivity index (χ2v) is 7.32. The number of hydrogen-bond donors (Lipinski definition) is 1. The molecule has 4 aromatic rings. The number of fused-ring (bicyclic) bond motifs is 1. The Hall–Kier alpha value is -3.58. The number of furan rings is 1. The summed E-state index contributed by atoms with van der Waals surface area (Å²) in [6.45, 7) is 2.47. The van der Waals surface area contributed by atoms with Crippen molar-refractivity contribution in [3.63, 3.8) is 0 Å². The van der Waals surface area contributed by atoms with Gasteiger partial charge in [0, 0.05) is 37.0 Å². The van der Waals surface area contributed by atoms with Crippen LogP contribution >= 0.6 is 0 Å². The van der Waals surface area contributed by atoms with Crippen LogP contribution in [0.15, 0.2) is 65.4 Å². The summed E-state index contributed by atoms with van der Waals surface area (Å²) < 4.78 is 13.0. The number of nitrogens with one attached hydrogen (secondary N) is 1. The molecule has 1 N–H and O–H groups in total. The fourth-order valence-corrected chi connectivity index (χ4v) is 3.85. The second kappa shape index (κ2) is 7.68. The van der Waals surface area contributed by atoms with Gasteiger partial charge < -0.3 is 18.9 Å². The number of piperazine rings is 1. The molecule has 1 amide bonds. The molecule has 0 radical (unpaired) electrons. The smallest absolute Gasteiger partial charge is 0.234 e. The molecule has 1 aromatic carbocycles. The van der Waals surface area contributed by atoms with Crippen LogP contribution in [0, 0.1) is 0 Å². The first-order chi connectivity index (χ1) is 14.7. The minimum absolute atomic E-state index is 0.0531. The van der Waals surface area contributed by atoms with Gasteiger partial charge in [-0.15, -0.1) is 0 Å². The monoisotopic (exact) mass is 402 g/mol. The van der Waals surface area contributed by atoms with Crippen molar-refractivity contribution in [1.29, 1.82) is 0 Å². The first-order valence-corrected chi connectivity index (χ1v) is 9.89. The zero-order chi connectivity index (χ0) is 20.5. The number of aromatic nitrogens is 2. The van der Waals surface area contributed by atoms with E-state index in [2.05, 4.69) is 14.6 Å². The van der Waals surface area contributed by atoms with Crippen molar-refractivity contribution in [3.05, 3.63) is 66.7 Å². The van der Waals surface area contributed by atoms with Gasteiger partial charge in [-0.1, -0.05) is 0 Å². The minimum atomic E-state index is 0.0531. The normalized spacial score (nSPS) is 14.8. The van der Waals surface area contributed by atoms with E-state index in [1.165, 1.54) is 0 Å². The van der Waals surface area contributed by atoms with Gasteiger partial charge in [-0.3, -0.25) is 9.69 Å². The van der Waals surface area contributed by atoms with Crippen LogP contribution in [0.25, 0.3) is 28.2 Å². The third-order valence-electron chi connectivity index (χ3n) is 5.38. The molecule has 0 unspecified atom stereocenters. The van der Waals surface area contributed by atoms with E-state index < -0.39 is 0 Å². The average Bonchev–Trinajstić information content (AvgIpc) is 3.42. The highest BCUT2D eigenvalue weighted by atomic mass is 16.5. The summed E-state index contributed by atoms with van der Waals surface area (Å²) in [5, 5.41) is 2.89. The van der Waals surface area contributed by atoms with Gasteiger partial charge in [-0.2, -0.15) is 0 Å². The predicted molar refractivity (Wildman–Crippen MR) is 113 cm³/mol. The van der Waals surface area contributed by atoms with E-state index in [9.17, 15) is 4.79 Å². The van der Waals surface area contributed by atoms with Crippen molar-refractivity contribution in [2.24, 2.45) is 0 Å². The lowest BCUT2D eigenvalue weighted by atomic mass is 10.1. The summed E-state index contributed by atoms with van der Waals surface area (Å²) in [5.41, 5.74) is 4.78. The van der Waals surface area contributed by atoms with Gasteiger partial charge in [0.1, 0.15) is 17.2 Å². The molecule has 1 aliphatic rings. The lowest BCUT2D eigenvalue weighted by Crippen LogP contribution is -2.47. The molecule has 30 heavy (non-hydrogen) atoms. The fourth-order valence-electron chi connectivity index (χ4n) is 3.85. The third-order valence-corrected chi connectivity index (χ3v) is 5.38. The Bertz CT molecular complexity index is 1180. The number of methoxy groups -OCH3 is 1. The second-order valence-electron chi connectivity index (χ2n) is 7.32. The number of nitrogens with zero attached hydrogens (tertiary/aromatic N) is 3. The van der Waals surface area contributed by atoms with Crippen molar-refractivity contribution in [1.82, 2.24) is 19.6 Å². The van der Waals surface area contributed by atoms with Gasteiger partial charge in [-0.05, 0) is 48.5 Å². The first-order valence-electron chi connectivity index (χ1n) is 9.89. The summed E-state index contributed by atoms with van der Waals surface area (Å²) in [4.78, 5) is 19.0. The number of ether oxygens (including phenoxy) is 1. The van der Waals surface area contributed by atoms with E-state index in [4.69, 9.17) is 14.1 Å². The number of carbonyl (C=O) groups is 1. The highest BCUT2D eigenvalue weighted by Gasteiger charge is 2.21. The number of carbonyl (C=O) groups excluding carboxylic acids is 1. The van der Waals surface area contributed by atoms with Gasteiger partial charge in [0.25, 0.3) is 0 Å². The zero-order valence-electron chi connectivity index (χ0n) is 16.7. The minimum Gasteiger partial charge on any atom is -0.497 e. The molecule has 0 spiro atoms. The Morgan fingerprint density at radius 2 is 1.97 bits per heavy atom. The fraction of sp³-hybridized carbons (Fsp3) is 0.217. The first kappa shape index (κ1) is 18.4. The van der Waals surface area contributed by atoms with Crippen molar-refractivity contribution in [3.8, 4) is 28.3 Å². The van der Waals surface area contributed by atoms with Gasteiger partial charge in [0.15, 0.2) is 0 Å². The molecule has 0 saturated carbocycles. The summed E-state index contributed by atoms with van der Waals surface area (Å²) >= 11 is 0. The van der Waals surface area contributed by atoms with Crippen molar-refractivity contribution in [2.75, 3.05) is 26.7 Å². The van der Waals surface area contributed by atoms with Crippen LogP contribution in [0.1, 0.15) is 5.69 Å². The summed E-state index contributed by atoms with van der Waals surface area (Å²) in [6.07, 6.45) is 3.72. The van der Waals surface area contributed by atoms with Crippen LogP contribution in [0.3, 0.4) is 0 Å². The maximum atomic E-state index is 11.9. The Morgan fingerprint density at radius 3 is 2.70 bits per heavy atom. The Balaban J connectivity index is 1.62. The molecule has 0 atom stereocenters. The maximum Gasteiger partial charge on any atom is 0.234 e. The average molecular weight is 402 g/mol. The van der Waals surface area contributed by atoms with E-state index in [1.807, 2.05) is 54.7 Å². The van der Waals surface area contributed by atoms with Crippen LogP contribution < -0.4 is 10.1 Å². The highest BCUT2D eigenvalue weighted by Crippen LogP contribution is 2.29. The van der Waals surface area contributed by atoms with Gasteiger partial charge >= 0.3 is 0 Å². The van der Waals surface area contributed by atoms with E-state index >= 15 is 0 Å². The lowest BCUT2D eigenvalue weighted by molar-refractivity contribution is -0.124. The van der Waals surface area contributed by atoms with Crippen LogP contribution in [0.4, 0.5) is 0 Å². The molecule has 1 fully saturated rings. The van der Waals surface area contributed by atoms with E-state index in [0.29, 0.717) is 19.6 Å². The van der Waals surface area contributed by atoms with Crippen molar-refractivity contribution < 1.29 is 13.9 Å². The standard InChI is InChI=1S/C23H22N4O3/c1-29-18-7-4-16(5-8-18)23-19(14-26-11-10-24-22(28)15-26)27-13-17(6-9-21(27)25-23)20-3-2-12-30-20/h2-9,12-13H,10-11,14-15H2,1H3,(H,24,28). The Kier molecular flexibility index (Phi) is 4.72. The molecule has 152 valence electrons. The largest absolute Gasteiger partial charge is 0.497 e. The SMILES string of the molecule is COc1ccc(-c2nc3ccc(-c4ccco4)cn3c2CN2CCNC(=O)C2)cc1. The number of imidazole rings is 1. The van der Waals surface area contributed by atoms with Crippen molar-refractivity contribution >= 4 is 11.6 Å². The molecule has 1 saturated heterocycles. The van der Waals surface area contributed by atoms with E-state index in [-0.39, 0.29) is 5.91 Å². The number of hydrogen-bond acceptors (Lipinski definition) is 5. The predicted octanol–water partition coefficient (Wildman–Crippen LogP) is 3.20. The van der Waals surface area contributed by atoms with Gasteiger partial charge in [0.2, 0.25) is 5.91 Å². The molecular weight excluding hydrogens is 380 g/mol. The maximum absolute atomic E-state index is 11.9. The quantitative estimate of drug-likeness (QED) is 0.555. The number of benzene rings is 1. The van der Waals surface area contributed by atoms with Crippen LogP contribution in [-0.2, 0) is 11.3 Å². The molecular formula is C23H22N4O3.